The molecule has 1 heterocycles. The van der Waals surface area contributed by atoms with Crippen LogP contribution in [0.15, 0.2) is 18.2 Å². The van der Waals surface area contributed by atoms with E-state index >= 15 is 0 Å². The van der Waals surface area contributed by atoms with Crippen molar-refractivity contribution in [3.63, 3.8) is 0 Å². The first-order valence-electron chi connectivity index (χ1n) is 8.77. The average Bonchev–Trinajstić information content (AvgIpc) is 2.87. The number of hydrogen-bond donors (Lipinski definition) is 1. The minimum absolute atomic E-state index is 0. The van der Waals surface area contributed by atoms with Gasteiger partial charge in [-0.1, -0.05) is 40.0 Å². The van der Waals surface area contributed by atoms with Crippen LogP contribution in [-0.4, -0.2) is 9.55 Å². The Morgan fingerprint density at radius 1 is 1.22 bits per heavy atom. The Bertz CT molecular complexity index is 654. The molecular weight excluding hydrogens is 306 g/mol. The lowest BCUT2D eigenvalue weighted by atomic mass is 9.87. The quantitative estimate of drug-likeness (QED) is 0.769. The second-order valence-electron chi connectivity index (χ2n) is 7.54. The van der Waals surface area contributed by atoms with Crippen LogP contribution in [-0.2, 0) is 12.0 Å². The van der Waals surface area contributed by atoms with Crippen LogP contribution in [0.4, 0.5) is 5.69 Å². The van der Waals surface area contributed by atoms with E-state index in [0.29, 0.717) is 0 Å². The third kappa shape index (κ3) is 3.65. The average molecular weight is 336 g/mol. The molecule has 3 rings (SSSR count). The predicted octanol–water partition coefficient (Wildman–Crippen LogP) is 5.31. The summed E-state index contributed by atoms with van der Waals surface area (Å²) in [7, 11) is 0. The molecular formula is C19H30ClN3. The highest BCUT2D eigenvalue weighted by atomic mass is 35.5. The molecule has 2 N–H and O–H groups in total. The van der Waals surface area contributed by atoms with E-state index in [9.17, 15) is 0 Å². The first kappa shape index (κ1) is 18.1. The maximum atomic E-state index is 5.96. The summed E-state index contributed by atoms with van der Waals surface area (Å²) in [5.74, 6) is 2.02. The van der Waals surface area contributed by atoms with Crippen molar-refractivity contribution in [2.24, 2.45) is 5.92 Å². The van der Waals surface area contributed by atoms with Gasteiger partial charge in [-0.15, -0.1) is 12.4 Å². The van der Waals surface area contributed by atoms with E-state index in [4.69, 9.17) is 10.7 Å². The maximum Gasteiger partial charge on any atom is 0.115 e. The maximum absolute atomic E-state index is 5.96. The van der Waals surface area contributed by atoms with Gasteiger partial charge in [0.05, 0.1) is 11.0 Å². The summed E-state index contributed by atoms with van der Waals surface area (Å²) in [5, 5.41) is 0. The Hall–Kier alpha value is -1.22. The molecule has 1 aromatic heterocycles. The van der Waals surface area contributed by atoms with E-state index in [1.807, 2.05) is 12.1 Å². The SMILES string of the molecule is CCC(C)(C)c1nc2cc(N)ccc2n1CC1CCCCC1.Cl. The molecule has 128 valence electrons. The number of aromatic nitrogens is 2. The largest absolute Gasteiger partial charge is 0.399 e. The molecule has 1 aromatic carbocycles. The van der Waals surface area contributed by atoms with Crippen LogP contribution in [0.5, 0.6) is 0 Å². The monoisotopic (exact) mass is 335 g/mol. The normalized spacial score (nSPS) is 16.5. The highest BCUT2D eigenvalue weighted by Crippen LogP contribution is 2.33. The number of benzene rings is 1. The summed E-state index contributed by atoms with van der Waals surface area (Å²) in [6.07, 6.45) is 8.00. The highest BCUT2D eigenvalue weighted by molar-refractivity contribution is 5.85. The van der Waals surface area contributed by atoms with E-state index in [0.717, 1.165) is 30.1 Å². The molecule has 0 spiro atoms. The Morgan fingerprint density at radius 2 is 1.91 bits per heavy atom. The Labute approximate surface area is 146 Å². The smallest absolute Gasteiger partial charge is 0.115 e. The van der Waals surface area contributed by atoms with Crippen molar-refractivity contribution in [3.05, 3.63) is 24.0 Å². The van der Waals surface area contributed by atoms with Crippen molar-refractivity contribution in [1.29, 1.82) is 0 Å². The second-order valence-corrected chi connectivity index (χ2v) is 7.54. The molecule has 0 unspecified atom stereocenters. The molecule has 1 aliphatic carbocycles. The van der Waals surface area contributed by atoms with Gasteiger partial charge in [-0.25, -0.2) is 4.98 Å². The molecule has 1 aliphatic rings. The molecule has 0 radical (unpaired) electrons. The predicted molar refractivity (Wildman–Crippen MR) is 101 cm³/mol. The van der Waals surface area contributed by atoms with Gasteiger partial charge in [0.2, 0.25) is 0 Å². The lowest BCUT2D eigenvalue weighted by molar-refractivity contribution is 0.310. The molecule has 23 heavy (non-hydrogen) atoms. The fourth-order valence-electron chi connectivity index (χ4n) is 3.63. The zero-order valence-electron chi connectivity index (χ0n) is 14.6. The molecule has 4 heteroatoms. The number of imidazole rings is 1. The van der Waals surface area contributed by atoms with Crippen molar-refractivity contribution in [2.45, 2.75) is 71.3 Å². The molecule has 0 amide bonds. The third-order valence-corrected chi connectivity index (χ3v) is 5.43. The Balaban J connectivity index is 0.00000192. The minimum Gasteiger partial charge on any atom is -0.399 e. The van der Waals surface area contributed by atoms with Gasteiger partial charge in [0, 0.05) is 17.6 Å². The minimum atomic E-state index is 0. The zero-order chi connectivity index (χ0) is 15.7. The van der Waals surface area contributed by atoms with Gasteiger partial charge in [-0.3, -0.25) is 0 Å². The molecule has 0 saturated heterocycles. The molecule has 1 fully saturated rings. The van der Waals surface area contributed by atoms with Gasteiger partial charge < -0.3 is 10.3 Å². The number of fused-ring (bicyclic) bond motifs is 1. The van der Waals surface area contributed by atoms with Gasteiger partial charge in [0.1, 0.15) is 5.82 Å². The zero-order valence-corrected chi connectivity index (χ0v) is 15.5. The molecule has 0 atom stereocenters. The molecule has 0 aliphatic heterocycles. The van der Waals surface area contributed by atoms with E-state index in [1.54, 1.807) is 0 Å². The van der Waals surface area contributed by atoms with Crippen molar-refractivity contribution >= 4 is 29.1 Å². The summed E-state index contributed by atoms with van der Waals surface area (Å²) in [6.45, 7) is 7.96. The van der Waals surface area contributed by atoms with E-state index in [-0.39, 0.29) is 17.8 Å². The van der Waals surface area contributed by atoms with Crippen LogP contribution < -0.4 is 5.73 Å². The number of nitrogens with two attached hydrogens (primary N) is 1. The standard InChI is InChI=1S/C19H29N3.ClH/c1-4-19(2,3)18-21-16-12-15(20)10-11-17(16)22(18)13-14-8-6-5-7-9-14;/h10-12,14H,4-9,13,20H2,1-3H3;1H. The fourth-order valence-corrected chi connectivity index (χ4v) is 3.63. The van der Waals surface area contributed by atoms with Gasteiger partial charge in [-0.05, 0) is 43.4 Å². The van der Waals surface area contributed by atoms with Crippen LogP contribution in [0.1, 0.15) is 65.1 Å². The highest BCUT2D eigenvalue weighted by Gasteiger charge is 2.27. The van der Waals surface area contributed by atoms with Gasteiger partial charge >= 0.3 is 0 Å². The molecule has 2 aromatic rings. The van der Waals surface area contributed by atoms with E-state index in [2.05, 4.69) is 31.4 Å². The Morgan fingerprint density at radius 3 is 2.57 bits per heavy atom. The first-order valence-corrected chi connectivity index (χ1v) is 8.77. The number of anilines is 1. The number of halogens is 1. The lowest BCUT2D eigenvalue weighted by Gasteiger charge is -2.27. The van der Waals surface area contributed by atoms with Crippen LogP contribution >= 0.6 is 12.4 Å². The van der Waals surface area contributed by atoms with Gasteiger partial charge in [0.15, 0.2) is 0 Å². The van der Waals surface area contributed by atoms with Crippen molar-refractivity contribution in [2.75, 3.05) is 5.73 Å². The van der Waals surface area contributed by atoms with E-state index in [1.165, 1.54) is 43.4 Å². The summed E-state index contributed by atoms with van der Waals surface area (Å²) >= 11 is 0. The number of rotatable bonds is 4. The summed E-state index contributed by atoms with van der Waals surface area (Å²) in [5.41, 5.74) is 9.16. The summed E-state index contributed by atoms with van der Waals surface area (Å²) < 4.78 is 2.48. The summed E-state index contributed by atoms with van der Waals surface area (Å²) in [4.78, 5) is 4.96. The van der Waals surface area contributed by atoms with Gasteiger partial charge in [-0.2, -0.15) is 0 Å². The van der Waals surface area contributed by atoms with E-state index < -0.39 is 0 Å². The second kappa shape index (κ2) is 7.12. The summed E-state index contributed by atoms with van der Waals surface area (Å²) in [6, 6.07) is 6.17. The van der Waals surface area contributed by atoms with Crippen molar-refractivity contribution in [3.8, 4) is 0 Å². The number of nitrogens with zero attached hydrogens (tertiary/aromatic N) is 2. The van der Waals surface area contributed by atoms with Gasteiger partial charge in [0.25, 0.3) is 0 Å². The lowest BCUT2D eigenvalue weighted by Crippen LogP contribution is -2.24. The van der Waals surface area contributed by atoms with Crippen LogP contribution in [0, 0.1) is 5.92 Å². The van der Waals surface area contributed by atoms with Crippen molar-refractivity contribution < 1.29 is 0 Å². The third-order valence-electron chi connectivity index (χ3n) is 5.43. The first-order chi connectivity index (χ1) is 10.5. The molecule has 1 saturated carbocycles. The van der Waals surface area contributed by atoms with Crippen LogP contribution in [0.25, 0.3) is 11.0 Å². The Kier molecular flexibility index (Phi) is 5.61. The van der Waals surface area contributed by atoms with Crippen LogP contribution in [0.2, 0.25) is 0 Å². The number of nitrogen functional groups attached to an aromatic ring is 1. The topological polar surface area (TPSA) is 43.8 Å². The molecule has 0 bridgehead atoms. The van der Waals surface area contributed by atoms with Crippen molar-refractivity contribution in [1.82, 2.24) is 9.55 Å². The number of hydrogen-bond acceptors (Lipinski definition) is 2. The molecule has 3 nitrogen and oxygen atoms in total. The fraction of sp³-hybridized carbons (Fsp3) is 0.632. The van der Waals surface area contributed by atoms with Crippen LogP contribution in [0.3, 0.4) is 0 Å².